The lowest BCUT2D eigenvalue weighted by Gasteiger charge is -2.33. The van der Waals surface area contributed by atoms with Gasteiger partial charge >= 0.3 is 17.9 Å². The zero-order valence-electron chi connectivity index (χ0n) is 12.8. The van der Waals surface area contributed by atoms with Gasteiger partial charge in [-0.05, 0) is 6.42 Å². The third-order valence-corrected chi connectivity index (χ3v) is 3.21. The summed E-state index contributed by atoms with van der Waals surface area (Å²) in [6.45, 7) is 3.44. The molecule has 8 heteroatoms. The number of ether oxygens (including phenoxy) is 4. The normalized spacial score (nSPS) is 27.0. The lowest BCUT2D eigenvalue weighted by molar-refractivity contribution is -0.177. The Kier molecular flexibility index (Phi) is 6.48. The molecule has 0 saturated carbocycles. The maximum atomic E-state index is 11.3. The third-order valence-electron chi connectivity index (χ3n) is 3.21. The fourth-order valence-corrected chi connectivity index (χ4v) is 2.36. The molecule has 0 radical (unpaired) electrons. The van der Waals surface area contributed by atoms with Gasteiger partial charge in [-0.1, -0.05) is 0 Å². The Bertz CT molecular complexity index is 446. The third kappa shape index (κ3) is 4.80. The highest BCUT2D eigenvalue weighted by Gasteiger charge is 2.54. The predicted octanol–water partition coefficient (Wildman–Crippen LogP) is 0.161. The van der Waals surface area contributed by atoms with Crippen LogP contribution in [0.1, 0.15) is 33.6 Å². The molecule has 1 aliphatic heterocycles. The van der Waals surface area contributed by atoms with Gasteiger partial charge in [0.15, 0.2) is 12.2 Å². The second-order valence-electron chi connectivity index (χ2n) is 5.04. The van der Waals surface area contributed by atoms with Crippen LogP contribution in [-0.2, 0) is 38.1 Å². The summed E-state index contributed by atoms with van der Waals surface area (Å²) in [5, 5.41) is 0. The van der Waals surface area contributed by atoms with E-state index in [4.69, 9.17) is 18.9 Å². The van der Waals surface area contributed by atoms with E-state index >= 15 is 0 Å². The van der Waals surface area contributed by atoms with E-state index in [1.54, 1.807) is 0 Å². The van der Waals surface area contributed by atoms with Crippen LogP contribution in [-0.4, -0.2) is 55.2 Å². The highest BCUT2D eigenvalue weighted by atomic mass is 16.6. The van der Waals surface area contributed by atoms with Crippen LogP contribution in [0.3, 0.4) is 0 Å². The van der Waals surface area contributed by atoms with E-state index in [0.29, 0.717) is 6.29 Å². The fraction of sp³-hybridized carbons (Fsp3) is 0.714. The largest absolute Gasteiger partial charge is 0.463 e. The summed E-state index contributed by atoms with van der Waals surface area (Å²) >= 11 is 0. The first kappa shape index (κ1) is 18.1. The van der Waals surface area contributed by atoms with E-state index in [1.165, 1.54) is 20.8 Å². The van der Waals surface area contributed by atoms with Gasteiger partial charge < -0.3 is 23.7 Å². The molecule has 0 unspecified atom stereocenters. The molecule has 8 nitrogen and oxygen atoms in total. The van der Waals surface area contributed by atoms with Crippen molar-refractivity contribution in [2.75, 3.05) is 13.2 Å². The molecule has 1 rings (SSSR count). The van der Waals surface area contributed by atoms with E-state index in [-0.39, 0.29) is 26.1 Å². The van der Waals surface area contributed by atoms with Gasteiger partial charge in [-0.15, -0.1) is 0 Å². The minimum atomic E-state index is -1.21. The molecule has 0 spiro atoms. The molecule has 1 aliphatic rings. The van der Waals surface area contributed by atoms with Crippen molar-refractivity contribution >= 4 is 24.2 Å². The first-order valence-corrected chi connectivity index (χ1v) is 6.86. The van der Waals surface area contributed by atoms with Crippen molar-refractivity contribution in [2.24, 2.45) is 0 Å². The number of hydrogen-bond donors (Lipinski definition) is 0. The highest BCUT2D eigenvalue weighted by molar-refractivity contribution is 5.68. The summed E-state index contributed by atoms with van der Waals surface area (Å²) in [4.78, 5) is 44.2. The first-order valence-electron chi connectivity index (χ1n) is 6.86. The molecule has 3 atom stereocenters. The summed E-state index contributed by atoms with van der Waals surface area (Å²) < 4.78 is 20.9. The minimum Gasteiger partial charge on any atom is -0.463 e. The molecule has 0 aromatic carbocycles. The van der Waals surface area contributed by atoms with Crippen LogP contribution < -0.4 is 0 Å². The minimum absolute atomic E-state index is 0.0162. The van der Waals surface area contributed by atoms with Crippen LogP contribution >= 0.6 is 0 Å². The summed E-state index contributed by atoms with van der Waals surface area (Å²) in [6.07, 6.45) is -0.800. The lowest BCUT2D eigenvalue weighted by atomic mass is 9.91. The van der Waals surface area contributed by atoms with Gasteiger partial charge in [0.2, 0.25) is 0 Å². The standard InChI is InChI=1S/C14H20O8/c1-9(16)19-8-14(5-4-6-15)13(22-11(3)18)12(7-20-14)21-10(2)17/h6,12-13H,4-5,7-8H2,1-3H3/t12-,13+,14+/m1/s1. The second kappa shape index (κ2) is 7.88. The van der Waals surface area contributed by atoms with Crippen molar-refractivity contribution in [2.45, 2.75) is 51.4 Å². The Hall–Kier alpha value is -1.96. The van der Waals surface area contributed by atoms with Gasteiger partial charge in [0.05, 0.1) is 6.61 Å². The number of carbonyl (C=O) groups excluding carboxylic acids is 4. The molecule has 0 bridgehead atoms. The Balaban J connectivity index is 3.01. The molecule has 0 aliphatic carbocycles. The van der Waals surface area contributed by atoms with Gasteiger partial charge in [-0.2, -0.15) is 0 Å². The molecule has 0 amide bonds. The molecule has 0 aromatic rings. The number of esters is 3. The van der Waals surface area contributed by atoms with E-state index in [9.17, 15) is 19.2 Å². The Morgan fingerprint density at radius 2 is 1.77 bits per heavy atom. The molecule has 1 saturated heterocycles. The summed E-state index contributed by atoms with van der Waals surface area (Å²) in [7, 11) is 0. The molecular weight excluding hydrogens is 296 g/mol. The highest BCUT2D eigenvalue weighted by Crippen LogP contribution is 2.35. The molecule has 22 heavy (non-hydrogen) atoms. The van der Waals surface area contributed by atoms with Crippen molar-refractivity contribution in [1.29, 1.82) is 0 Å². The zero-order chi connectivity index (χ0) is 16.8. The van der Waals surface area contributed by atoms with Crippen LogP contribution in [0, 0.1) is 0 Å². The Morgan fingerprint density at radius 1 is 1.14 bits per heavy atom. The van der Waals surface area contributed by atoms with Crippen molar-refractivity contribution in [3.63, 3.8) is 0 Å². The number of hydrogen-bond acceptors (Lipinski definition) is 8. The second-order valence-corrected chi connectivity index (χ2v) is 5.04. The van der Waals surface area contributed by atoms with Crippen LogP contribution in [0.4, 0.5) is 0 Å². The topological polar surface area (TPSA) is 105 Å². The van der Waals surface area contributed by atoms with E-state index in [0.717, 1.165) is 0 Å². The lowest BCUT2D eigenvalue weighted by Crippen LogP contribution is -2.50. The van der Waals surface area contributed by atoms with Gasteiger partial charge in [0, 0.05) is 27.2 Å². The van der Waals surface area contributed by atoms with Crippen molar-refractivity contribution in [3.8, 4) is 0 Å². The van der Waals surface area contributed by atoms with Gasteiger partial charge in [-0.3, -0.25) is 14.4 Å². The van der Waals surface area contributed by atoms with Gasteiger partial charge in [0.25, 0.3) is 0 Å². The van der Waals surface area contributed by atoms with Crippen molar-refractivity contribution in [3.05, 3.63) is 0 Å². The summed E-state index contributed by atoms with van der Waals surface area (Å²) in [6, 6.07) is 0. The molecule has 124 valence electrons. The smallest absolute Gasteiger partial charge is 0.303 e. The first-order chi connectivity index (χ1) is 10.3. The fourth-order valence-electron chi connectivity index (χ4n) is 2.36. The monoisotopic (exact) mass is 316 g/mol. The maximum absolute atomic E-state index is 11.3. The van der Waals surface area contributed by atoms with Crippen LogP contribution in [0.2, 0.25) is 0 Å². The quantitative estimate of drug-likeness (QED) is 0.371. The molecular formula is C14H20O8. The Labute approximate surface area is 128 Å². The average molecular weight is 316 g/mol. The molecule has 1 heterocycles. The van der Waals surface area contributed by atoms with Crippen LogP contribution in [0.25, 0.3) is 0 Å². The van der Waals surface area contributed by atoms with Crippen molar-refractivity contribution < 1.29 is 38.1 Å². The van der Waals surface area contributed by atoms with Crippen LogP contribution in [0.15, 0.2) is 0 Å². The Morgan fingerprint density at radius 3 is 2.27 bits per heavy atom. The van der Waals surface area contributed by atoms with Crippen molar-refractivity contribution in [1.82, 2.24) is 0 Å². The van der Waals surface area contributed by atoms with E-state index < -0.39 is 35.7 Å². The van der Waals surface area contributed by atoms with E-state index in [2.05, 4.69) is 0 Å². The van der Waals surface area contributed by atoms with Crippen LogP contribution in [0.5, 0.6) is 0 Å². The number of rotatable bonds is 7. The zero-order valence-corrected chi connectivity index (χ0v) is 12.8. The SMILES string of the molecule is CC(=O)OC[C@]1(CCC=O)OC[C@@H](OC(C)=O)[C@@H]1OC(C)=O. The maximum Gasteiger partial charge on any atom is 0.303 e. The molecule has 0 aromatic heterocycles. The van der Waals surface area contributed by atoms with Gasteiger partial charge in [-0.25, -0.2) is 0 Å². The number of carbonyl (C=O) groups is 4. The summed E-state index contributed by atoms with van der Waals surface area (Å²) in [5.74, 6) is -1.68. The summed E-state index contributed by atoms with van der Waals surface area (Å²) in [5.41, 5.74) is -1.21. The average Bonchev–Trinajstić information content (AvgIpc) is 2.72. The number of aldehydes is 1. The molecule has 1 fully saturated rings. The van der Waals surface area contributed by atoms with E-state index in [1.807, 2.05) is 0 Å². The predicted molar refractivity (Wildman–Crippen MR) is 71.7 cm³/mol. The van der Waals surface area contributed by atoms with Gasteiger partial charge in [0.1, 0.15) is 18.5 Å². The molecule has 0 N–H and O–H groups in total.